The predicted octanol–water partition coefficient (Wildman–Crippen LogP) is 8.59. The highest BCUT2D eigenvalue weighted by Gasteiger charge is 2.16. The Labute approximate surface area is 231 Å². The van der Waals surface area contributed by atoms with Gasteiger partial charge in [0.2, 0.25) is 0 Å². The SMILES string of the molecule is CCOc1cc(/C=C(/C#N)C(=O)Nc2cccc(Cl)c2Cl)cc(Br)c1OCc1ccc(Cl)cc1Cl. The molecule has 0 fully saturated rings. The standard InChI is InChI=1S/C25H17BrCl4N2O3/c1-2-34-22-10-14(8-16(12-31)25(33)32-21-5-3-4-19(28)23(21)30)9-18(26)24(22)35-13-15-6-7-17(27)11-20(15)29/h3-11H,2,13H2,1H3,(H,32,33)/b16-8-. The van der Waals surface area contributed by atoms with E-state index < -0.39 is 5.91 Å². The molecular formula is C25H17BrCl4N2O3. The third kappa shape index (κ3) is 7.07. The summed E-state index contributed by atoms with van der Waals surface area (Å²) in [6.45, 7) is 2.38. The fourth-order valence-corrected chi connectivity index (χ4v) is 4.35. The van der Waals surface area contributed by atoms with E-state index >= 15 is 0 Å². The molecule has 1 amide bonds. The van der Waals surface area contributed by atoms with Gasteiger partial charge in [0, 0.05) is 15.6 Å². The largest absolute Gasteiger partial charge is 0.490 e. The number of hydrogen-bond acceptors (Lipinski definition) is 4. The molecule has 0 aliphatic rings. The molecule has 3 rings (SSSR count). The first-order valence-electron chi connectivity index (χ1n) is 10.1. The molecule has 5 nitrogen and oxygen atoms in total. The lowest BCUT2D eigenvalue weighted by atomic mass is 10.1. The maximum Gasteiger partial charge on any atom is 0.266 e. The summed E-state index contributed by atoms with van der Waals surface area (Å²) in [4.78, 5) is 12.7. The molecule has 0 saturated heterocycles. The number of nitrogens with one attached hydrogen (secondary N) is 1. The maximum absolute atomic E-state index is 12.7. The lowest BCUT2D eigenvalue weighted by molar-refractivity contribution is -0.112. The second-order valence-electron chi connectivity index (χ2n) is 7.01. The highest BCUT2D eigenvalue weighted by atomic mass is 79.9. The van der Waals surface area contributed by atoms with Gasteiger partial charge in [-0.15, -0.1) is 0 Å². The quantitative estimate of drug-likeness (QED) is 0.204. The Morgan fingerprint density at radius 2 is 1.86 bits per heavy atom. The third-order valence-corrected chi connectivity index (χ3v) is 6.59. The highest BCUT2D eigenvalue weighted by molar-refractivity contribution is 9.10. The predicted molar refractivity (Wildman–Crippen MR) is 145 cm³/mol. The number of hydrogen-bond donors (Lipinski definition) is 1. The van der Waals surface area contributed by atoms with Crippen molar-refractivity contribution in [2.24, 2.45) is 0 Å². The van der Waals surface area contributed by atoms with E-state index in [1.54, 1.807) is 48.5 Å². The first-order chi connectivity index (χ1) is 16.7. The van der Waals surface area contributed by atoms with Gasteiger partial charge in [-0.05, 0) is 70.9 Å². The van der Waals surface area contributed by atoms with Gasteiger partial charge in [-0.2, -0.15) is 5.26 Å². The summed E-state index contributed by atoms with van der Waals surface area (Å²) in [6.07, 6.45) is 1.43. The van der Waals surface area contributed by atoms with Crippen molar-refractivity contribution in [1.82, 2.24) is 0 Å². The first-order valence-corrected chi connectivity index (χ1v) is 12.4. The number of carbonyl (C=O) groups excluding carboxylic acids is 1. The number of carbonyl (C=O) groups is 1. The van der Waals surface area contributed by atoms with Crippen molar-refractivity contribution < 1.29 is 14.3 Å². The lowest BCUT2D eigenvalue weighted by Crippen LogP contribution is -2.13. The van der Waals surface area contributed by atoms with Crippen LogP contribution in [0.15, 0.2) is 58.6 Å². The van der Waals surface area contributed by atoms with Crippen LogP contribution in [0.2, 0.25) is 20.1 Å². The number of anilines is 1. The van der Waals surface area contributed by atoms with E-state index in [1.807, 2.05) is 13.0 Å². The molecule has 3 aromatic rings. The maximum atomic E-state index is 12.7. The fraction of sp³-hybridized carbons (Fsp3) is 0.120. The molecular weight excluding hydrogens is 598 g/mol. The second-order valence-corrected chi connectivity index (χ2v) is 9.50. The molecule has 0 heterocycles. The first kappa shape index (κ1) is 27.2. The Kier molecular flexibility index (Phi) is 9.73. The van der Waals surface area contributed by atoms with Crippen molar-refractivity contribution in [3.05, 3.63) is 89.8 Å². The Morgan fingerprint density at radius 3 is 2.54 bits per heavy atom. The van der Waals surface area contributed by atoms with Crippen LogP contribution in [-0.2, 0) is 11.4 Å². The van der Waals surface area contributed by atoms with Crippen LogP contribution >= 0.6 is 62.3 Å². The topological polar surface area (TPSA) is 71.3 Å². The summed E-state index contributed by atoms with van der Waals surface area (Å²) in [6, 6.07) is 15.2. The van der Waals surface area contributed by atoms with Gasteiger partial charge in [0.25, 0.3) is 5.91 Å². The molecule has 1 N–H and O–H groups in total. The molecule has 180 valence electrons. The molecule has 0 aromatic heterocycles. The zero-order chi connectivity index (χ0) is 25.5. The molecule has 0 saturated carbocycles. The van der Waals surface area contributed by atoms with Gasteiger partial charge in [-0.1, -0.05) is 58.5 Å². The van der Waals surface area contributed by atoms with Crippen LogP contribution in [0.25, 0.3) is 6.08 Å². The normalized spacial score (nSPS) is 11.1. The lowest BCUT2D eigenvalue weighted by Gasteiger charge is -2.15. The van der Waals surface area contributed by atoms with E-state index in [-0.39, 0.29) is 22.2 Å². The molecule has 0 bridgehead atoms. The molecule has 3 aromatic carbocycles. The third-order valence-electron chi connectivity index (χ3n) is 4.59. The van der Waals surface area contributed by atoms with Crippen molar-refractivity contribution in [2.45, 2.75) is 13.5 Å². The summed E-state index contributed by atoms with van der Waals surface area (Å²) < 4.78 is 12.3. The van der Waals surface area contributed by atoms with Gasteiger partial charge < -0.3 is 14.8 Å². The van der Waals surface area contributed by atoms with Gasteiger partial charge in [-0.3, -0.25) is 4.79 Å². The van der Waals surface area contributed by atoms with Crippen LogP contribution in [-0.4, -0.2) is 12.5 Å². The van der Waals surface area contributed by atoms with Crippen LogP contribution in [0.4, 0.5) is 5.69 Å². The van der Waals surface area contributed by atoms with E-state index in [0.29, 0.717) is 43.9 Å². The minimum absolute atomic E-state index is 0.142. The molecule has 0 atom stereocenters. The Bertz CT molecular complexity index is 1340. The van der Waals surface area contributed by atoms with Gasteiger partial charge in [0.15, 0.2) is 11.5 Å². The van der Waals surface area contributed by atoms with Gasteiger partial charge >= 0.3 is 0 Å². The average Bonchev–Trinajstić information content (AvgIpc) is 2.81. The second kappa shape index (κ2) is 12.5. The van der Waals surface area contributed by atoms with E-state index in [0.717, 1.165) is 5.56 Å². The van der Waals surface area contributed by atoms with Gasteiger partial charge in [0.05, 0.1) is 26.8 Å². The average molecular weight is 615 g/mol. The Morgan fingerprint density at radius 1 is 1.09 bits per heavy atom. The van der Waals surface area contributed by atoms with E-state index in [1.165, 1.54) is 6.08 Å². The smallest absolute Gasteiger partial charge is 0.266 e. The molecule has 0 unspecified atom stereocenters. The number of nitriles is 1. The van der Waals surface area contributed by atoms with Crippen molar-refractivity contribution >= 4 is 80.0 Å². The molecule has 0 aliphatic carbocycles. The highest BCUT2D eigenvalue weighted by Crippen LogP contribution is 2.38. The minimum atomic E-state index is -0.636. The number of amides is 1. The van der Waals surface area contributed by atoms with E-state index in [2.05, 4.69) is 21.2 Å². The van der Waals surface area contributed by atoms with Crippen LogP contribution in [0.1, 0.15) is 18.1 Å². The Balaban J connectivity index is 1.87. The molecule has 0 aliphatic heterocycles. The summed E-state index contributed by atoms with van der Waals surface area (Å²) in [5, 5.41) is 13.7. The van der Waals surface area contributed by atoms with Crippen molar-refractivity contribution in [3.8, 4) is 17.6 Å². The van der Waals surface area contributed by atoms with Crippen LogP contribution in [0.3, 0.4) is 0 Å². The van der Waals surface area contributed by atoms with Crippen molar-refractivity contribution in [2.75, 3.05) is 11.9 Å². The van der Waals surface area contributed by atoms with Gasteiger partial charge in [0.1, 0.15) is 18.2 Å². The van der Waals surface area contributed by atoms with Crippen molar-refractivity contribution in [3.63, 3.8) is 0 Å². The van der Waals surface area contributed by atoms with Crippen molar-refractivity contribution in [1.29, 1.82) is 5.26 Å². The van der Waals surface area contributed by atoms with Crippen LogP contribution in [0, 0.1) is 11.3 Å². The number of nitrogens with zero attached hydrogens (tertiary/aromatic N) is 1. The molecule has 10 heteroatoms. The molecule has 0 spiro atoms. The monoisotopic (exact) mass is 612 g/mol. The number of rotatable bonds is 8. The number of ether oxygens (including phenoxy) is 2. The minimum Gasteiger partial charge on any atom is -0.490 e. The Hall–Kier alpha value is -2.40. The summed E-state index contributed by atoms with van der Waals surface area (Å²) >= 11 is 27.8. The van der Waals surface area contributed by atoms with Gasteiger partial charge in [-0.25, -0.2) is 0 Å². The summed E-state index contributed by atoms with van der Waals surface area (Å²) in [5.41, 5.74) is 1.45. The summed E-state index contributed by atoms with van der Waals surface area (Å²) in [5.74, 6) is 0.237. The number of halogens is 5. The number of benzene rings is 3. The van der Waals surface area contributed by atoms with Crippen LogP contribution in [0.5, 0.6) is 11.5 Å². The fourth-order valence-electron chi connectivity index (χ4n) is 2.97. The van der Waals surface area contributed by atoms with E-state index in [9.17, 15) is 10.1 Å². The van der Waals surface area contributed by atoms with Crippen LogP contribution < -0.4 is 14.8 Å². The zero-order valence-electron chi connectivity index (χ0n) is 18.2. The van der Waals surface area contributed by atoms with E-state index in [4.69, 9.17) is 55.9 Å². The summed E-state index contributed by atoms with van der Waals surface area (Å²) in [7, 11) is 0. The molecule has 35 heavy (non-hydrogen) atoms. The zero-order valence-corrected chi connectivity index (χ0v) is 22.8. The molecule has 0 radical (unpaired) electrons.